The van der Waals surface area contributed by atoms with E-state index in [4.69, 9.17) is 15.6 Å². The molecule has 0 spiro atoms. The molecule has 2 aliphatic rings. The molecule has 180 valence electrons. The van der Waals surface area contributed by atoms with E-state index in [0.717, 1.165) is 39.0 Å². The molecular formula is C25H32F3N3O2. The normalized spacial score (nSPS) is 18.1. The van der Waals surface area contributed by atoms with E-state index in [2.05, 4.69) is 58.3 Å². The largest absolute Gasteiger partial charge is 0.490 e. The van der Waals surface area contributed by atoms with Gasteiger partial charge in [0.2, 0.25) is 0 Å². The molecule has 0 radical (unpaired) electrons. The van der Waals surface area contributed by atoms with Crippen molar-refractivity contribution in [3.05, 3.63) is 59.7 Å². The van der Waals surface area contributed by atoms with Gasteiger partial charge in [-0.1, -0.05) is 42.5 Å². The summed E-state index contributed by atoms with van der Waals surface area (Å²) in [6, 6.07) is 18.6. The Balaban J connectivity index is 0.000000383. The quantitative estimate of drug-likeness (QED) is 0.683. The third kappa shape index (κ3) is 8.14. The van der Waals surface area contributed by atoms with Crippen LogP contribution in [0.15, 0.2) is 48.5 Å². The van der Waals surface area contributed by atoms with Crippen molar-refractivity contribution in [3.63, 3.8) is 0 Å². The van der Waals surface area contributed by atoms with Gasteiger partial charge in [0.1, 0.15) is 0 Å². The molecule has 0 aromatic heterocycles. The number of nitrogens with two attached hydrogens (primary N) is 1. The van der Waals surface area contributed by atoms with Gasteiger partial charge >= 0.3 is 12.1 Å². The van der Waals surface area contributed by atoms with Crippen LogP contribution in [0.1, 0.15) is 36.8 Å². The number of nitrogens with zero attached hydrogens (tertiary/aromatic N) is 2. The van der Waals surface area contributed by atoms with Crippen molar-refractivity contribution in [2.24, 2.45) is 5.73 Å². The number of benzene rings is 2. The maximum atomic E-state index is 10.6. The van der Waals surface area contributed by atoms with E-state index < -0.39 is 12.1 Å². The first-order chi connectivity index (χ1) is 15.7. The monoisotopic (exact) mass is 463 g/mol. The lowest BCUT2D eigenvalue weighted by Gasteiger charge is -2.30. The maximum absolute atomic E-state index is 10.6. The van der Waals surface area contributed by atoms with E-state index in [1.807, 2.05) is 0 Å². The highest BCUT2D eigenvalue weighted by atomic mass is 19.4. The molecule has 33 heavy (non-hydrogen) atoms. The molecule has 5 nitrogen and oxygen atoms in total. The third-order valence-electron chi connectivity index (χ3n) is 6.10. The van der Waals surface area contributed by atoms with Gasteiger partial charge in [0.25, 0.3) is 0 Å². The molecule has 2 heterocycles. The number of piperidine rings is 1. The number of alkyl halides is 3. The van der Waals surface area contributed by atoms with Gasteiger partial charge in [-0.2, -0.15) is 13.2 Å². The number of carboxylic acids is 1. The lowest BCUT2D eigenvalue weighted by atomic mass is 10.0. The molecule has 2 saturated heterocycles. The van der Waals surface area contributed by atoms with Crippen molar-refractivity contribution in [3.8, 4) is 11.1 Å². The Kier molecular flexibility index (Phi) is 8.88. The van der Waals surface area contributed by atoms with Gasteiger partial charge in [-0.05, 0) is 80.2 Å². The van der Waals surface area contributed by atoms with Crippen molar-refractivity contribution in [2.75, 3.05) is 26.2 Å². The zero-order valence-electron chi connectivity index (χ0n) is 18.7. The summed E-state index contributed by atoms with van der Waals surface area (Å²) in [5.74, 6) is -2.76. The molecule has 2 aliphatic heterocycles. The number of hydrogen-bond acceptors (Lipinski definition) is 4. The highest BCUT2D eigenvalue weighted by Crippen LogP contribution is 2.23. The summed E-state index contributed by atoms with van der Waals surface area (Å²) >= 11 is 0. The second kappa shape index (κ2) is 11.6. The van der Waals surface area contributed by atoms with E-state index in [1.165, 1.54) is 48.2 Å². The van der Waals surface area contributed by atoms with E-state index in [-0.39, 0.29) is 0 Å². The number of halogens is 3. The van der Waals surface area contributed by atoms with Crippen LogP contribution in [0.3, 0.4) is 0 Å². The average Bonchev–Trinajstić information content (AvgIpc) is 3.29. The first-order valence-corrected chi connectivity index (χ1v) is 11.4. The van der Waals surface area contributed by atoms with E-state index in [0.29, 0.717) is 6.04 Å². The standard InChI is InChI=1S/C23H31N3.C2HF3O2/c24-23-10-14-26(15-11-23)17-19-6-8-21(9-7-19)22-5-3-4-20(16-22)18-25-12-1-2-13-25;3-2(4,5)1(6)7/h3-9,16,23H,1-2,10-15,17-18,24H2;(H,6,7). The van der Waals surface area contributed by atoms with Crippen molar-refractivity contribution < 1.29 is 23.1 Å². The van der Waals surface area contributed by atoms with Gasteiger partial charge in [0.05, 0.1) is 0 Å². The van der Waals surface area contributed by atoms with Crippen molar-refractivity contribution in [1.29, 1.82) is 0 Å². The molecule has 2 aromatic carbocycles. The van der Waals surface area contributed by atoms with E-state index in [1.54, 1.807) is 0 Å². The van der Waals surface area contributed by atoms with Gasteiger partial charge in [-0.15, -0.1) is 0 Å². The lowest BCUT2D eigenvalue weighted by molar-refractivity contribution is -0.192. The van der Waals surface area contributed by atoms with Crippen LogP contribution < -0.4 is 5.73 Å². The minimum absolute atomic E-state index is 0.404. The van der Waals surface area contributed by atoms with Gasteiger partial charge < -0.3 is 10.8 Å². The summed E-state index contributed by atoms with van der Waals surface area (Å²) in [5, 5.41) is 7.12. The van der Waals surface area contributed by atoms with Crippen LogP contribution in [0.5, 0.6) is 0 Å². The summed E-state index contributed by atoms with van der Waals surface area (Å²) in [4.78, 5) is 14.0. The second-order valence-electron chi connectivity index (χ2n) is 8.80. The van der Waals surface area contributed by atoms with Gasteiger partial charge in [0.15, 0.2) is 0 Å². The number of aliphatic carboxylic acids is 1. The average molecular weight is 464 g/mol. The summed E-state index contributed by atoms with van der Waals surface area (Å²) in [6.45, 7) is 6.88. The maximum Gasteiger partial charge on any atom is 0.490 e. The number of carbonyl (C=O) groups is 1. The van der Waals surface area contributed by atoms with Crippen LogP contribution in [0, 0.1) is 0 Å². The predicted octanol–water partition coefficient (Wildman–Crippen LogP) is 4.51. The lowest BCUT2D eigenvalue weighted by Crippen LogP contribution is -2.39. The first-order valence-electron chi connectivity index (χ1n) is 11.4. The van der Waals surface area contributed by atoms with Crippen LogP contribution in [0.25, 0.3) is 11.1 Å². The molecule has 2 aromatic rings. The Labute approximate surface area is 193 Å². The molecule has 0 saturated carbocycles. The molecule has 0 atom stereocenters. The van der Waals surface area contributed by atoms with Crippen LogP contribution in [-0.2, 0) is 17.9 Å². The molecule has 0 aliphatic carbocycles. The number of hydrogen-bond donors (Lipinski definition) is 2. The van der Waals surface area contributed by atoms with Gasteiger partial charge in [-0.25, -0.2) is 4.79 Å². The Hall–Kier alpha value is -2.42. The zero-order chi connectivity index (χ0) is 23.8. The summed E-state index contributed by atoms with van der Waals surface area (Å²) < 4.78 is 31.7. The SMILES string of the molecule is NC1CCN(Cc2ccc(-c3cccc(CN4CCCC4)c3)cc2)CC1.O=C(O)C(F)(F)F. The summed E-state index contributed by atoms with van der Waals surface area (Å²) in [6.07, 6.45) is -0.127. The van der Waals surface area contributed by atoms with Crippen molar-refractivity contribution in [2.45, 2.75) is 51.0 Å². The number of rotatable bonds is 5. The summed E-state index contributed by atoms with van der Waals surface area (Å²) in [7, 11) is 0. The van der Waals surface area contributed by atoms with Gasteiger partial charge in [0, 0.05) is 19.1 Å². The highest BCUT2D eigenvalue weighted by molar-refractivity contribution is 5.73. The molecule has 2 fully saturated rings. The minimum atomic E-state index is -5.08. The van der Waals surface area contributed by atoms with Crippen LogP contribution in [0.4, 0.5) is 13.2 Å². The highest BCUT2D eigenvalue weighted by Gasteiger charge is 2.38. The number of carboxylic acid groups (broad SMARTS) is 1. The van der Waals surface area contributed by atoms with Crippen LogP contribution >= 0.6 is 0 Å². The molecular weight excluding hydrogens is 431 g/mol. The molecule has 4 rings (SSSR count). The van der Waals surface area contributed by atoms with Gasteiger partial charge in [-0.3, -0.25) is 9.80 Å². The smallest absolute Gasteiger partial charge is 0.475 e. The molecule has 0 amide bonds. The zero-order valence-corrected chi connectivity index (χ0v) is 18.7. The van der Waals surface area contributed by atoms with Crippen molar-refractivity contribution in [1.82, 2.24) is 9.80 Å². The van der Waals surface area contributed by atoms with Crippen molar-refractivity contribution >= 4 is 5.97 Å². The fourth-order valence-corrected chi connectivity index (χ4v) is 4.22. The fraction of sp³-hybridized carbons (Fsp3) is 0.480. The Morgan fingerprint density at radius 1 is 0.879 bits per heavy atom. The topological polar surface area (TPSA) is 69.8 Å². The minimum Gasteiger partial charge on any atom is -0.475 e. The fourth-order valence-electron chi connectivity index (χ4n) is 4.22. The third-order valence-corrected chi connectivity index (χ3v) is 6.10. The van der Waals surface area contributed by atoms with Crippen LogP contribution in [-0.4, -0.2) is 59.3 Å². The molecule has 8 heteroatoms. The number of likely N-dealkylation sites (tertiary alicyclic amines) is 2. The Morgan fingerprint density at radius 2 is 1.42 bits per heavy atom. The Bertz CT molecular complexity index is 889. The first kappa shape index (κ1) is 25.2. The summed E-state index contributed by atoms with van der Waals surface area (Å²) in [5.41, 5.74) is 11.5. The molecule has 3 N–H and O–H groups in total. The Morgan fingerprint density at radius 3 is 2.00 bits per heavy atom. The van der Waals surface area contributed by atoms with Crippen LogP contribution in [0.2, 0.25) is 0 Å². The predicted molar refractivity (Wildman–Crippen MR) is 123 cm³/mol. The van der Waals surface area contributed by atoms with E-state index >= 15 is 0 Å². The molecule has 0 unspecified atom stereocenters. The van der Waals surface area contributed by atoms with E-state index in [9.17, 15) is 13.2 Å². The molecule has 0 bridgehead atoms. The second-order valence-corrected chi connectivity index (χ2v) is 8.80.